The minimum absolute atomic E-state index is 1.20. The molecule has 0 aliphatic carbocycles. The van der Waals surface area contributed by atoms with Crippen LogP contribution in [0.3, 0.4) is 0 Å². The Labute approximate surface area is 118 Å². The first-order valence-electron chi connectivity index (χ1n) is 5.85. The summed E-state index contributed by atoms with van der Waals surface area (Å²) in [5.41, 5.74) is 5.17. The summed E-state index contributed by atoms with van der Waals surface area (Å²) in [5, 5.41) is 0. The van der Waals surface area contributed by atoms with E-state index in [1.165, 1.54) is 30.5 Å². The van der Waals surface area contributed by atoms with Gasteiger partial charge in [0, 0.05) is 0 Å². The molecule has 90 valence electrons. The van der Waals surface area contributed by atoms with E-state index in [9.17, 15) is 0 Å². The van der Waals surface area contributed by atoms with E-state index in [2.05, 4.69) is 76.5 Å². The van der Waals surface area contributed by atoms with E-state index < -0.39 is 0 Å². The van der Waals surface area contributed by atoms with E-state index in [4.69, 9.17) is 0 Å². The number of hydrogen-bond donors (Lipinski definition) is 0. The van der Waals surface area contributed by atoms with Crippen LogP contribution in [-0.4, -0.2) is 20.1 Å². The van der Waals surface area contributed by atoms with Gasteiger partial charge < -0.3 is 0 Å². The molecule has 1 heterocycles. The number of hydrogen-bond acceptors (Lipinski definition) is 1. The fourth-order valence-corrected chi connectivity index (χ4v) is 4.19. The average molecular weight is 318 g/mol. The molecule has 0 radical (unpaired) electrons. The zero-order valence-corrected chi connectivity index (χ0v) is 12.8. The molecule has 3 aromatic rings. The molecular formula is C15H13NSSe. The molecule has 0 spiro atoms. The molecule has 0 fully saturated rings. The summed E-state index contributed by atoms with van der Waals surface area (Å²) in [6.45, 7) is 4.33. The number of nitrogens with zero attached hydrogens (tertiary/aromatic N) is 1. The molecule has 0 unspecified atom stereocenters. The molecule has 0 saturated heterocycles. The summed E-state index contributed by atoms with van der Waals surface area (Å²) >= 11 is 5.00. The molecule has 1 nitrogen and oxygen atoms in total. The van der Waals surface area contributed by atoms with E-state index in [-0.39, 0.29) is 0 Å². The fraction of sp³-hybridized carbons (Fsp3) is 0.133. The Balaban J connectivity index is 2.47. The van der Waals surface area contributed by atoms with E-state index >= 15 is 0 Å². The van der Waals surface area contributed by atoms with Gasteiger partial charge in [-0.1, -0.05) is 0 Å². The number of para-hydroxylation sites is 2. The molecule has 0 amide bonds. The Hall–Kier alpha value is -1.15. The van der Waals surface area contributed by atoms with Crippen molar-refractivity contribution in [3.63, 3.8) is 0 Å². The molecule has 3 heteroatoms. The molecule has 18 heavy (non-hydrogen) atoms. The predicted molar refractivity (Wildman–Crippen MR) is 79.6 cm³/mol. The first-order valence-corrected chi connectivity index (χ1v) is 7.53. The molecule has 0 N–H and O–H groups in total. The van der Waals surface area contributed by atoms with Gasteiger partial charge in [-0.05, 0) is 0 Å². The van der Waals surface area contributed by atoms with Gasteiger partial charge in [0.05, 0.1) is 0 Å². The van der Waals surface area contributed by atoms with Gasteiger partial charge in [0.25, 0.3) is 0 Å². The molecule has 0 aliphatic rings. The quantitative estimate of drug-likeness (QED) is 0.598. The summed E-state index contributed by atoms with van der Waals surface area (Å²) in [6, 6.07) is 15.0. The summed E-state index contributed by atoms with van der Waals surface area (Å²) < 4.78 is 4.85. The second-order valence-corrected chi connectivity index (χ2v) is 6.84. The number of aromatic nitrogens is 1. The molecule has 0 aliphatic heterocycles. The van der Waals surface area contributed by atoms with Gasteiger partial charge in [-0.3, -0.25) is 0 Å². The van der Waals surface area contributed by atoms with Crippen molar-refractivity contribution in [2.24, 2.45) is 0 Å². The van der Waals surface area contributed by atoms with Crippen LogP contribution in [0.4, 0.5) is 0 Å². The molecule has 0 saturated carbocycles. The number of benzene rings is 2. The number of fused-ring (bicyclic) bond motifs is 1. The monoisotopic (exact) mass is 319 g/mol. The van der Waals surface area contributed by atoms with Crippen molar-refractivity contribution in [3.8, 4) is 5.69 Å². The van der Waals surface area contributed by atoms with Gasteiger partial charge in [0.15, 0.2) is 0 Å². The average Bonchev–Trinajstić information content (AvgIpc) is 2.68. The molecule has 1 aromatic heterocycles. The van der Waals surface area contributed by atoms with Crippen LogP contribution in [0.25, 0.3) is 15.9 Å². The summed E-state index contributed by atoms with van der Waals surface area (Å²) in [4.78, 5) is 0. The van der Waals surface area contributed by atoms with Crippen molar-refractivity contribution < 1.29 is 0 Å². The molecule has 0 bridgehead atoms. The van der Waals surface area contributed by atoms with Gasteiger partial charge in [0.1, 0.15) is 0 Å². The van der Waals surface area contributed by atoms with Crippen LogP contribution in [-0.2, 0) is 0 Å². The number of rotatable bonds is 1. The van der Waals surface area contributed by atoms with Crippen molar-refractivity contribution in [3.05, 3.63) is 57.1 Å². The summed E-state index contributed by atoms with van der Waals surface area (Å²) in [6.07, 6.45) is 0. The molecule has 0 atom stereocenters. The number of aryl methyl sites for hydroxylation is 2. The standard InChI is InChI=1S/C15H13NSSe/c1-10-6-3-4-8-12(10)16-14-11(2)7-5-9-13(14)17-15(16)18/h3-9H,1-2H3. The first kappa shape index (κ1) is 11.9. The van der Waals surface area contributed by atoms with Crippen molar-refractivity contribution in [1.29, 1.82) is 0 Å². The molecule has 2 aromatic carbocycles. The van der Waals surface area contributed by atoms with Gasteiger partial charge in [-0.15, -0.1) is 0 Å². The van der Waals surface area contributed by atoms with Crippen LogP contribution >= 0.6 is 11.3 Å². The maximum atomic E-state index is 3.19. The van der Waals surface area contributed by atoms with Crippen LogP contribution in [0.2, 0.25) is 0 Å². The van der Waals surface area contributed by atoms with Crippen LogP contribution in [0.1, 0.15) is 11.1 Å². The van der Waals surface area contributed by atoms with Crippen molar-refractivity contribution in [2.75, 3.05) is 0 Å². The van der Waals surface area contributed by atoms with Gasteiger partial charge in [0.2, 0.25) is 0 Å². The Morgan fingerprint density at radius 2 is 1.67 bits per heavy atom. The van der Waals surface area contributed by atoms with Gasteiger partial charge in [-0.25, -0.2) is 0 Å². The second-order valence-electron chi connectivity index (χ2n) is 4.41. The van der Waals surface area contributed by atoms with Crippen molar-refractivity contribution >= 4 is 37.1 Å². The Morgan fingerprint density at radius 1 is 0.944 bits per heavy atom. The second kappa shape index (κ2) is 4.51. The van der Waals surface area contributed by atoms with Crippen LogP contribution in [0.15, 0.2) is 42.5 Å². The topological polar surface area (TPSA) is 4.93 Å². The third-order valence-electron chi connectivity index (χ3n) is 3.16. The molecule has 3 rings (SSSR count). The van der Waals surface area contributed by atoms with E-state index in [0.29, 0.717) is 0 Å². The fourth-order valence-electron chi connectivity index (χ4n) is 2.27. The summed E-state index contributed by atoms with van der Waals surface area (Å²) in [5.74, 6) is 0. The van der Waals surface area contributed by atoms with Gasteiger partial charge in [-0.2, -0.15) is 0 Å². The summed E-state index contributed by atoms with van der Waals surface area (Å²) in [7, 11) is 0. The normalized spacial score (nSPS) is 11.0. The van der Waals surface area contributed by atoms with E-state index in [0.717, 1.165) is 0 Å². The van der Waals surface area contributed by atoms with Gasteiger partial charge >= 0.3 is 118 Å². The Morgan fingerprint density at radius 3 is 2.44 bits per heavy atom. The third kappa shape index (κ3) is 1.79. The van der Waals surface area contributed by atoms with Crippen LogP contribution in [0, 0.1) is 17.4 Å². The van der Waals surface area contributed by atoms with Crippen molar-refractivity contribution in [1.82, 2.24) is 4.57 Å². The zero-order chi connectivity index (χ0) is 12.7. The SMILES string of the molecule is Cc1ccccc1-n1c(=[Se])sc2cccc(C)c21. The Kier molecular flexibility index (Phi) is 2.98. The Bertz CT molecular complexity index is 783. The number of thiazole rings is 1. The van der Waals surface area contributed by atoms with E-state index in [1.807, 2.05) is 0 Å². The third-order valence-corrected chi connectivity index (χ3v) is 4.97. The first-order chi connectivity index (χ1) is 8.68. The maximum absolute atomic E-state index is 3.19. The van der Waals surface area contributed by atoms with Crippen LogP contribution < -0.4 is 0 Å². The van der Waals surface area contributed by atoms with Crippen molar-refractivity contribution in [2.45, 2.75) is 13.8 Å². The molecular weight excluding hydrogens is 305 g/mol. The predicted octanol–water partition coefficient (Wildman–Crippen LogP) is 4.01. The minimum atomic E-state index is 1.20. The van der Waals surface area contributed by atoms with E-state index in [1.54, 1.807) is 11.3 Å². The zero-order valence-electron chi connectivity index (χ0n) is 10.3. The van der Waals surface area contributed by atoms with Crippen LogP contribution in [0.5, 0.6) is 0 Å².